The van der Waals surface area contributed by atoms with Gasteiger partial charge in [0.05, 0.1) is 17.0 Å². The van der Waals surface area contributed by atoms with Crippen molar-refractivity contribution in [3.63, 3.8) is 0 Å². The standard InChI is InChI=1S/C30H31FN4O2/c1-35(2)18-19-9-12-24(13-10-19)33-28(27-25-14-11-23(31)16-26(25)34-30(27)37)22-8-3-5-20(15-22)17-32-29(36)21-6-4-7-21/h3,5,8-16,21,33H,4,6-7,17-18H2,1-2H3,(H,32,36)(H,34,37). The van der Waals surface area contributed by atoms with Crippen molar-refractivity contribution in [2.45, 2.75) is 32.4 Å². The van der Waals surface area contributed by atoms with Crippen molar-refractivity contribution in [1.82, 2.24) is 10.2 Å². The summed E-state index contributed by atoms with van der Waals surface area (Å²) >= 11 is 0. The smallest absolute Gasteiger partial charge is 0.258 e. The van der Waals surface area contributed by atoms with Crippen molar-refractivity contribution in [1.29, 1.82) is 0 Å². The molecule has 0 bridgehead atoms. The van der Waals surface area contributed by atoms with Crippen molar-refractivity contribution < 1.29 is 14.0 Å². The second-order valence-electron chi connectivity index (χ2n) is 10.00. The fourth-order valence-electron chi connectivity index (χ4n) is 4.72. The molecule has 1 aliphatic carbocycles. The van der Waals surface area contributed by atoms with Gasteiger partial charge in [0.15, 0.2) is 0 Å². The Kier molecular flexibility index (Phi) is 7.06. The van der Waals surface area contributed by atoms with E-state index in [4.69, 9.17) is 0 Å². The van der Waals surface area contributed by atoms with Crippen LogP contribution in [-0.4, -0.2) is 30.8 Å². The van der Waals surface area contributed by atoms with Crippen molar-refractivity contribution in [2.24, 2.45) is 5.92 Å². The molecule has 1 aliphatic heterocycles. The number of hydrogen-bond acceptors (Lipinski definition) is 4. The first-order valence-electron chi connectivity index (χ1n) is 12.6. The highest BCUT2D eigenvalue weighted by Crippen LogP contribution is 2.38. The summed E-state index contributed by atoms with van der Waals surface area (Å²) in [6.45, 7) is 1.24. The van der Waals surface area contributed by atoms with E-state index in [0.717, 1.165) is 42.6 Å². The highest BCUT2D eigenvalue weighted by molar-refractivity contribution is 6.37. The molecule has 1 fully saturated rings. The number of nitrogens with one attached hydrogen (secondary N) is 3. The summed E-state index contributed by atoms with van der Waals surface area (Å²) in [5.41, 5.74) is 5.90. The van der Waals surface area contributed by atoms with E-state index in [-0.39, 0.29) is 17.7 Å². The van der Waals surface area contributed by atoms with Crippen LogP contribution in [0.1, 0.15) is 41.5 Å². The largest absolute Gasteiger partial charge is 0.354 e. The molecule has 3 N–H and O–H groups in total. The van der Waals surface area contributed by atoms with Gasteiger partial charge in [-0.2, -0.15) is 0 Å². The first-order valence-corrected chi connectivity index (χ1v) is 12.6. The Morgan fingerprint density at radius 3 is 2.51 bits per heavy atom. The topological polar surface area (TPSA) is 73.5 Å². The Hall–Kier alpha value is -3.97. The van der Waals surface area contributed by atoms with E-state index in [2.05, 4.69) is 33.0 Å². The summed E-state index contributed by atoms with van der Waals surface area (Å²) in [5.74, 6) is -0.485. The van der Waals surface area contributed by atoms with Crippen LogP contribution in [0.3, 0.4) is 0 Å². The second kappa shape index (κ2) is 10.6. The molecule has 7 heteroatoms. The molecule has 6 nitrogen and oxygen atoms in total. The van der Waals surface area contributed by atoms with Gasteiger partial charge in [-0.25, -0.2) is 4.39 Å². The number of hydrogen-bond donors (Lipinski definition) is 3. The number of benzene rings is 3. The summed E-state index contributed by atoms with van der Waals surface area (Å²) in [5, 5.41) is 9.29. The normalized spacial score (nSPS) is 16.2. The van der Waals surface area contributed by atoms with Gasteiger partial charge in [-0.05, 0) is 80.0 Å². The van der Waals surface area contributed by atoms with Crippen LogP contribution in [0.5, 0.6) is 0 Å². The number of carbonyl (C=O) groups is 2. The molecule has 0 saturated heterocycles. The monoisotopic (exact) mass is 498 g/mol. The molecule has 3 aromatic carbocycles. The zero-order valence-electron chi connectivity index (χ0n) is 21.1. The van der Waals surface area contributed by atoms with Gasteiger partial charge in [0.2, 0.25) is 5.91 Å². The minimum atomic E-state index is -0.407. The summed E-state index contributed by atoms with van der Waals surface area (Å²) in [6.07, 6.45) is 3.02. The van der Waals surface area contributed by atoms with Crippen molar-refractivity contribution in [3.05, 3.63) is 94.8 Å². The number of rotatable bonds is 8. The van der Waals surface area contributed by atoms with Crippen LogP contribution in [0, 0.1) is 11.7 Å². The summed E-state index contributed by atoms with van der Waals surface area (Å²) in [6, 6.07) is 20.2. The van der Waals surface area contributed by atoms with E-state index in [9.17, 15) is 14.0 Å². The summed E-state index contributed by atoms with van der Waals surface area (Å²) in [7, 11) is 4.05. The number of amides is 2. The van der Waals surface area contributed by atoms with E-state index in [1.807, 2.05) is 50.5 Å². The Morgan fingerprint density at radius 2 is 1.81 bits per heavy atom. The lowest BCUT2D eigenvalue weighted by Gasteiger charge is -2.24. The van der Waals surface area contributed by atoms with E-state index >= 15 is 0 Å². The third kappa shape index (κ3) is 5.57. The quantitative estimate of drug-likeness (QED) is 0.372. The molecule has 37 heavy (non-hydrogen) atoms. The molecule has 0 spiro atoms. The molecule has 1 heterocycles. The lowest BCUT2D eigenvalue weighted by atomic mass is 9.85. The highest BCUT2D eigenvalue weighted by atomic mass is 19.1. The van der Waals surface area contributed by atoms with Gasteiger partial charge >= 0.3 is 0 Å². The average Bonchev–Trinajstić information content (AvgIpc) is 3.15. The van der Waals surface area contributed by atoms with E-state index in [1.54, 1.807) is 6.07 Å². The predicted octanol–water partition coefficient (Wildman–Crippen LogP) is 5.24. The lowest BCUT2D eigenvalue weighted by molar-refractivity contribution is -0.127. The number of nitrogens with zero attached hydrogens (tertiary/aromatic N) is 1. The summed E-state index contributed by atoms with van der Waals surface area (Å²) < 4.78 is 13.9. The Bertz CT molecular complexity index is 1360. The van der Waals surface area contributed by atoms with Crippen LogP contribution < -0.4 is 16.0 Å². The molecule has 0 atom stereocenters. The van der Waals surface area contributed by atoms with Gasteiger partial charge in [0.25, 0.3) is 5.91 Å². The van der Waals surface area contributed by atoms with Gasteiger partial charge in [0, 0.05) is 30.3 Å². The average molecular weight is 499 g/mol. The van der Waals surface area contributed by atoms with Crippen molar-refractivity contribution >= 4 is 34.5 Å². The molecular weight excluding hydrogens is 467 g/mol. The Labute approximate surface area is 216 Å². The minimum absolute atomic E-state index is 0.0947. The Morgan fingerprint density at radius 1 is 1.03 bits per heavy atom. The highest BCUT2D eigenvalue weighted by Gasteiger charge is 2.29. The molecule has 0 aromatic heterocycles. The second-order valence-corrected chi connectivity index (χ2v) is 10.00. The van der Waals surface area contributed by atoms with Gasteiger partial charge < -0.3 is 20.9 Å². The van der Waals surface area contributed by atoms with E-state index in [1.165, 1.54) is 17.7 Å². The molecule has 5 rings (SSSR count). The van der Waals surface area contributed by atoms with Gasteiger partial charge in [-0.3, -0.25) is 9.59 Å². The maximum atomic E-state index is 13.9. The molecule has 2 amide bonds. The maximum absolute atomic E-state index is 13.9. The van der Waals surface area contributed by atoms with Crippen LogP contribution >= 0.6 is 0 Å². The SMILES string of the molecule is CN(C)Cc1ccc(NC(=C2C(=O)Nc3cc(F)ccc32)c2cccc(CNC(=O)C3CCC3)c2)cc1. The first-order chi connectivity index (χ1) is 17.9. The maximum Gasteiger partial charge on any atom is 0.258 e. The Balaban J connectivity index is 1.50. The fourth-order valence-corrected chi connectivity index (χ4v) is 4.72. The van der Waals surface area contributed by atoms with E-state index < -0.39 is 5.82 Å². The molecule has 2 aliphatic rings. The number of carbonyl (C=O) groups excluding carboxylic acids is 2. The zero-order valence-corrected chi connectivity index (χ0v) is 21.1. The van der Waals surface area contributed by atoms with Crippen LogP contribution in [0.25, 0.3) is 11.3 Å². The zero-order chi connectivity index (χ0) is 25.9. The molecule has 0 radical (unpaired) electrons. The summed E-state index contributed by atoms with van der Waals surface area (Å²) in [4.78, 5) is 27.6. The van der Waals surface area contributed by atoms with Crippen LogP contribution in [0.2, 0.25) is 0 Å². The van der Waals surface area contributed by atoms with Crippen LogP contribution in [0.15, 0.2) is 66.7 Å². The van der Waals surface area contributed by atoms with Gasteiger partial charge in [-0.15, -0.1) is 0 Å². The molecule has 190 valence electrons. The fraction of sp³-hybridized carbons (Fsp3) is 0.267. The number of halogens is 1. The molecule has 0 unspecified atom stereocenters. The van der Waals surface area contributed by atoms with E-state index in [0.29, 0.717) is 29.1 Å². The third-order valence-electron chi connectivity index (χ3n) is 6.86. The van der Waals surface area contributed by atoms with Gasteiger partial charge in [0.1, 0.15) is 5.82 Å². The third-order valence-corrected chi connectivity index (χ3v) is 6.86. The molecule has 3 aromatic rings. The van der Waals surface area contributed by atoms with Gasteiger partial charge in [-0.1, -0.05) is 36.8 Å². The molecular formula is C30H31FN4O2. The minimum Gasteiger partial charge on any atom is -0.354 e. The lowest BCUT2D eigenvalue weighted by Crippen LogP contribution is -2.33. The van der Waals surface area contributed by atoms with Crippen molar-refractivity contribution in [2.75, 3.05) is 24.7 Å². The molecule has 1 saturated carbocycles. The number of fused-ring (bicyclic) bond motifs is 1. The van der Waals surface area contributed by atoms with Crippen molar-refractivity contribution in [3.8, 4) is 0 Å². The van der Waals surface area contributed by atoms with Crippen LogP contribution in [0.4, 0.5) is 15.8 Å². The van der Waals surface area contributed by atoms with Crippen LogP contribution in [-0.2, 0) is 22.7 Å². The first kappa shape index (κ1) is 24.7. The number of anilines is 2. The predicted molar refractivity (Wildman–Crippen MR) is 145 cm³/mol.